The van der Waals surface area contributed by atoms with Crippen molar-refractivity contribution in [3.8, 4) is 0 Å². The number of halogens is 1. The monoisotopic (exact) mass is 318 g/mol. The van der Waals surface area contributed by atoms with Crippen LogP contribution in [0.1, 0.15) is 12.8 Å². The zero-order valence-corrected chi connectivity index (χ0v) is 11.4. The molecule has 0 spiro atoms. The second kappa shape index (κ2) is 5.37. The van der Waals surface area contributed by atoms with Gasteiger partial charge in [0.2, 0.25) is 15.8 Å². The van der Waals surface area contributed by atoms with Gasteiger partial charge in [0.1, 0.15) is 6.04 Å². The standard InChI is InChI=1S/C11H11FN2O6S/c12-8-4-3-7(6-10(8)14(17)18)21(19,20)13-5-1-2-9(13)11(15)16/h3-4,6,9H,1-2,5H2,(H,15,16). The lowest BCUT2D eigenvalue weighted by atomic mass is 10.2. The number of hydrogen-bond acceptors (Lipinski definition) is 5. The van der Waals surface area contributed by atoms with E-state index in [9.17, 15) is 27.7 Å². The van der Waals surface area contributed by atoms with Gasteiger partial charge in [-0.3, -0.25) is 14.9 Å². The van der Waals surface area contributed by atoms with Gasteiger partial charge in [0.15, 0.2) is 0 Å². The first kappa shape index (κ1) is 15.3. The third-order valence-electron chi connectivity index (χ3n) is 3.21. The van der Waals surface area contributed by atoms with E-state index in [4.69, 9.17) is 5.11 Å². The van der Waals surface area contributed by atoms with Crippen molar-refractivity contribution in [2.75, 3.05) is 6.54 Å². The predicted octanol–water partition coefficient (Wildman–Crippen LogP) is 0.972. The normalized spacial score (nSPS) is 19.6. The summed E-state index contributed by atoms with van der Waals surface area (Å²) in [4.78, 5) is 20.2. The van der Waals surface area contributed by atoms with Crippen LogP contribution in [0.5, 0.6) is 0 Å². The fraction of sp³-hybridized carbons (Fsp3) is 0.364. The molecule has 1 heterocycles. The lowest BCUT2D eigenvalue weighted by Crippen LogP contribution is -2.40. The Morgan fingerprint density at radius 2 is 2.14 bits per heavy atom. The Bertz CT molecular complexity index is 705. The summed E-state index contributed by atoms with van der Waals surface area (Å²) < 4.78 is 38.7. The number of hydrogen-bond donors (Lipinski definition) is 1. The molecule has 1 N–H and O–H groups in total. The van der Waals surface area contributed by atoms with E-state index < -0.39 is 43.4 Å². The molecular formula is C11H11FN2O6S. The maximum atomic E-state index is 13.2. The van der Waals surface area contributed by atoms with Gasteiger partial charge in [0, 0.05) is 12.6 Å². The molecule has 0 amide bonds. The van der Waals surface area contributed by atoms with E-state index in [2.05, 4.69) is 0 Å². The van der Waals surface area contributed by atoms with Crippen molar-refractivity contribution in [2.24, 2.45) is 0 Å². The van der Waals surface area contributed by atoms with Gasteiger partial charge in [-0.2, -0.15) is 8.70 Å². The third-order valence-corrected chi connectivity index (χ3v) is 5.11. The van der Waals surface area contributed by atoms with Gasteiger partial charge >= 0.3 is 11.7 Å². The minimum Gasteiger partial charge on any atom is -0.480 e. The summed E-state index contributed by atoms with van der Waals surface area (Å²) in [5.41, 5.74) is -0.970. The van der Waals surface area contributed by atoms with Gasteiger partial charge in [0.05, 0.1) is 9.82 Å². The average Bonchev–Trinajstić information content (AvgIpc) is 2.88. The molecule has 1 aromatic rings. The van der Waals surface area contributed by atoms with Crippen LogP contribution in [0.2, 0.25) is 0 Å². The number of nitrogens with zero attached hydrogens (tertiary/aromatic N) is 2. The molecule has 1 aliphatic rings. The maximum absolute atomic E-state index is 13.2. The number of carboxylic acid groups (broad SMARTS) is 1. The first-order chi connectivity index (χ1) is 9.75. The molecule has 0 saturated carbocycles. The lowest BCUT2D eigenvalue weighted by molar-refractivity contribution is -0.387. The van der Waals surface area contributed by atoms with Crippen LogP contribution in [-0.4, -0.2) is 41.3 Å². The molecule has 2 rings (SSSR count). The molecule has 8 nitrogen and oxygen atoms in total. The maximum Gasteiger partial charge on any atom is 0.322 e. The summed E-state index contributed by atoms with van der Waals surface area (Å²) in [6, 6.07) is 0.951. The quantitative estimate of drug-likeness (QED) is 0.653. The second-order valence-corrected chi connectivity index (χ2v) is 6.37. The van der Waals surface area contributed by atoms with Gasteiger partial charge in [-0.25, -0.2) is 8.42 Å². The van der Waals surface area contributed by atoms with Crippen LogP contribution in [0.25, 0.3) is 0 Å². The number of aliphatic carboxylic acids is 1. The Morgan fingerprint density at radius 3 is 2.71 bits per heavy atom. The Hall–Kier alpha value is -2.07. The Morgan fingerprint density at radius 1 is 1.48 bits per heavy atom. The molecule has 0 aliphatic carbocycles. The third kappa shape index (κ3) is 2.72. The molecular weight excluding hydrogens is 307 g/mol. The molecule has 10 heteroatoms. The van der Waals surface area contributed by atoms with Crippen molar-refractivity contribution >= 4 is 21.7 Å². The van der Waals surface area contributed by atoms with E-state index in [0.717, 1.165) is 10.4 Å². The lowest BCUT2D eigenvalue weighted by Gasteiger charge is -2.20. The van der Waals surface area contributed by atoms with Crippen molar-refractivity contribution in [2.45, 2.75) is 23.8 Å². The van der Waals surface area contributed by atoms with E-state index in [1.54, 1.807) is 0 Å². The van der Waals surface area contributed by atoms with Gasteiger partial charge < -0.3 is 5.11 Å². The number of benzene rings is 1. The van der Waals surface area contributed by atoms with Crippen LogP contribution >= 0.6 is 0 Å². The summed E-state index contributed by atoms with van der Waals surface area (Å²) >= 11 is 0. The van der Waals surface area contributed by atoms with Gasteiger partial charge in [0.25, 0.3) is 0 Å². The number of carboxylic acids is 1. The topological polar surface area (TPSA) is 118 Å². The van der Waals surface area contributed by atoms with Gasteiger partial charge in [-0.1, -0.05) is 0 Å². The molecule has 1 aliphatic heterocycles. The van der Waals surface area contributed by atoms with Crippen LogP contribution in [0.4, 0.5) is 10.1 Å². The van der Waals surface area contributed by atoms with Crippen molar-refractivity contribution in [3.63, 3.8) is 0 Å². The van der Waals surface area contributed by atoms with Gasteiger partial charge in [-0.15, -0.1) is 0 Å². The van der Waals surface area contributed by atoms with Crippen LogP contribution in [-0.2, 0) is 14.8 Å². The smallest absolute Gasteiger partial charge is 0.322 e. The number of nitro groups is 1. The zero-order valence-electron chi connectivity index (χ0n) is 10.6. The highest BCUT2D eigenvalue weighted by Gasteiger charge is 2.40. The first-order valence-corrected chi connectivity index (χ1v) is 7.37. The SMILES string of the molecule is O=C(O)C1CCCN1S(=O)(=O)c1ccc(F)c([N+](=O)[O-])c1. The fourth-order valence-electron chi connectivity index (χ4n) is 2.20. The number of rotatable bonds is 4. The summed E-state index contributed by atoms with van der Waals surface area (Å²) in [7, 11) is -4.22. The Balaban J connectivity index is 2.47. The molecule has 114 valence electrons. The van der Waals surface area contributed by atoms with Crippen LogP contribution < -0.4 is 0 Å². The molecule has 1 unspecified atom stereocenters. The largest absolute Gasteiger partial charge is 0.480 e. The second-order valence-electron chi connectivity index (χ2n) is 4.48. The molecule has 0 bridgehead atoms. The molecule has 1 fully saturated rings. The summed E-state index contributed by atoms with van der Waals surface area (Å²) in [5, 5.41) is 19.7. The van der Waals surface area contributed by atoms with E-state index >= 15 is 0 Å². The molecule has 0 radical (unpaired) electrons. The van der Waals surface area contributed by atoms with Crippen LogP contribution in [0.15, 0.2) is 23.1 Å². The highest BCUT2D eigenvalue weighted by Crippen LogP contribution is 2.29. The average molecular weight is 318 g/mol. The van der Waals surface area contributed by atoms with E-state index in [-0.39, 0.29) is 13.0 Å². The van der Waals surface area contributed by atoms with E-state index in [1.165, 1.54) is 0 Å². The van der Waals surface area contributed by atoms with Crippen molar-refractivity contribution in [1.29, 1.82) is 0 Å². The van der Waals surface area contributed by atoms with Crippen molar-refractivity contribution in [1.82, 2.24) is 4.31 Å². The zero-order chi connectivity index (χ0) is 15.8. The predicted molar refractivity (Wildman–Crippen MR) is 67.6 cm³/mol. The molecule has 1 atom stereocenters. The highest BCUT2D eigenvalue weighted by molar-refractivity contribution is 7.89. The molecule has 0 aromatic heterocycles. The summed E-state index contributed by atoms with van der Waals surface area (Å²) in [6.07, 6.45) is 0.539. The summed E-state index contributed by atoms with van der Waals surface area (Å²) in [5.74, 6) is -2.44. The number of carbonyl (C=O) groups is 1. The Labute approximate surface area is 119 Å². The Kier molecular flexibility index (Phi) is 3.92. The van der Waals surface area contributed by atoms with Crippen molar-refractivity contribution in [3.05, 3.63) is 34.1 Å². The molecule has 21 heavy (non-hydrogen) atoms. The molecule has 1 saturated heterocycles. The highest BCUT2D eigenvalue weighted by atomic mass is 32.2. The molecule has 1 aromatic carbocycles. The fourth-order valence-corrected chi connectivity index (χ4v) is 3.87. The summed E-state index contributed by atoms with van der Waals surface area (Å²) in [6.45, 7) is 0.00444. The van der Waals surface area contributed by atoms with Crippen LogP contribution in [0.3, 0.4) is 0 Å². The van der Waals surface area contributed by atoms with Gasteiger partial charge in [-0.05, 0) is 25.0 Å². The minimum atomic E-state index is -4.22. The number of sulfonamides is 1. The van der Waals surface area contributed by atoms with Crippen molar-refractivity contribution < 1.29 is 27.6 Å². The van der Waals surface area contributed by atoms with E-state index in [1.807, 2.05) is 0 Å². The first-order valence-electron chi connectivity index (χ1n) is 5.93. The minimum absolute atomic E-state index is 0.00444. The van der Waals surface area contributed by atoms with Crippen LogP contribution in [0, 0.1) is 15.9 Å². The number of nitro benzene ring substituents is 1. The van der Waals surface area contributed by atoms with E-state index in [0.29, 0.717) is 18.6 Å².